The summed E-state index contributed by atoms with van der Waals surface area (Å²) in [7, 11) is 0. The fourth-order valence-electron chi connectivity index (χ4n) is 1.14. The van der Waals surface area contributed by atoms with E-state index in [0.29, 0.717) is 0 Å². The molecular formula is C16H35AlN2. The van der Waals surface area contributed by atoms with Gasteiger partial charge in [-0.15, -0.1) is 5.54 Å². The molecule has 19 heavy (non-hydrogen) atoms. The summed E-state index contributed by atoms with van der Waals surface area (Å²) in [6.07, 6.45) is 3.99. The normalized spacial score (nSPS) is 10.5. The van der Waals surface area contributed by atoms with Crippen molar-refractivity contribution < 1.29 is 0 Å². The minimum atomic E-state index is 0. The Morgan fingerprint density at radius 1 is 0.947 bits per heavy atom. The van der Waals surface area contributed by atoms with Gasteiger partial charge in [-0.1, -0.05) is 20.8 Å². The Bertz CT molecular complexity index is 188. The zero-order chi connectivity index (χ0) is 15.4. The van der Waals surface area contributed by atoms with E-state index in [2.05, 4.69) is 78.7 Å². The van der Waals surface area contributed by atoms with Crippen molar-refractivity contribution in [2.75, 3.05) is 6.54 Å². The topological polar surface area (TPSA) is 17.3 Å². The molecule has 0 spiro atoms. The van der Waals surface area contributed by atoms with E-state index in [0.717, 1.165) is 6.54 Å². The van der Waals surface area contributed by atoms with Gasteiger partial charge in [0.2, 0.25) is 0 Å². The number of rotatable bonds is 3. The summed E-state index contributed by atoms with van der Waals surface area (Å²) < 4.78 is 0. The van der Waals surface area contributed by atoms with E-state index in [1.165, 1.54) is 0 Å². The smallest absolute Gasteiger partial charge is 0.685 e. The van der Waals surface area contributed by atoms with E-state index in [4.69, 9.17) is 0 Å². The van der Waals surface area contributed by atoms with Crippen LogP contribution in [0.25, 0.3) is 5.32 Å². The van der Waals surface area contributed by atoms with E-state index in [1.807, 2.05) is 6.20 Å². The predicted octanol–water partition coefficient (Wildman–Crippen LogP) is 5.05. The summed E-state index contributed by atoms with van der Waals surface area (Å²) in [6.45, 7) is 26.1. The third-order valence-corrected chi connectivity index (χ3v) is 1.91. The van der Waals surface area contributed by atoms with Gasteiger partial charge in [0.1, 0.15) is 0 Å². The Hall–Kier alpha value is -0.128. The standard InChI is InChI=1S/C12H25N2.2C2H5.Al/c1-8-14(12(5,6)7)10-9-13-11(2,3)4;2*1-2;/h9-10H,8H2,1-7H3;2*1H2,2H3;/q3*-1;+3/b10-9-;;;. The molecule has 112 valence electrons. The Morgan fingerprint density at radius 3 is 1.53 bits per heavy atom. The van der Waals surface area contributed by atoms with Gasteiger partial charge in [0.15, 0.2) is 0 Å². The third kappa shape index (κ3) is 20.4. The van der Waals surface area contributed by atoms with Crippen molar-refractivity contribution in [2.45, 2.75) is 73.4 Å². The van der Waals surface area contributed by atoms with Crippen molar-refractivity contribution in [2.24, 2.45) is 0 Å². The predicted molar refractivity (Wildman–Crippen MR) is 92.2 cm³/mol. The van der Waals surface area contributed by atoms with Gasteiger partial charge in [0, 0.05) is 12.1 Å². The first-order valence-corrected chi connectivity index (χ1v) is 6.73. The van der Waals surface area contributed by atoms with Crippen LogP contribution in [0.5, 0.6) is 0 Å². The molecule has 0 bridgehead atoms. The average Bonchev–Trinajstić information content (AvgIpc) is 2.27. The van der Waals surface area contributed by atoms with Crippen LogP contribution in [0, 0.1) is 13.8 Å². The molecule has 0 radical (unpaired) electrons. The van der Waals surface area contributed by atoms with Crippen LogP contribution in [0.4, 0.5) is 0 Å². The van der Waals surface area contributed by atoms with E-state index in [1.54, 1.807) is 13.8 Å². The van der Waals surface area contributed by atoms with Gasteiger partial charge in [-0.3, -0.25) is 0 Å². The summed E-state index contributed by atoms with van der Waals surface area (Å²) in [5.74, 6) is 0. The minimum Gasteiger partial charge on any atom is -0.685 e. The molecule has 0 amide bonds. The van der Waals surface area contributed by atoms with Gasteiger partial charge in [0.05, 0.1) is 0 Å². The molecule has 0 saturated heterocycles. The quantitative estimate of drug-likeness (QED) is 0.523. The number of hydrogen-bond acceptors (Lipinski definition) is 1. The molecule has 0 rings (SSSR count). The maximum absolute atomic E-state index is 4.44. The van der Waals surface area contributed by atoms with Gasteiger partial charge in [-0.05, 0) is 33.9 Å². The summed E-state index contributed by atoms with van der Waals surface area (Å²) in [6, 6.07) is 0. The van der Waals surface area contributed by atoms with Gasteiger partial charge in [-0.2, -0.15) is 20.0 Å². The molecule has 0 atom stereocenters. The molecule has 0 aromatic rings. The van der Waals surface area contributed by atoms with Gasteiger partial charge >= 0.3 is 17.4 Å². The zero-order valence-electron chi connectivity index (χ0n) is 14.7. The van der Waals surface area contributed by atoms with Gasteiger partial charge < -0.3 is 24.1 Å². The fourth-order valence-corrected chi connectivity index (χ4v) is 1.14. The monoisotopic (exact) mass is 282 g/mol. The first-order valence-electron chi connectivity index (χ1n) is 6.73. The molecule has 0 aliphatic carbocycles. The molecule has 2 nitrogen and oxygen atoms in total. The van der Waals surface area contributed by atoms with Crippen LogP contribution in [0.15, 0.2) is 12.4 Å². The molecule has 0 fully saturated rings. The van der Waals surface area contributed by atoms with Crippen molar-refractivity contribution >= 4 is 17.4 Å². The Balaban J connectivity index is -0.000000204. The molecule has 0 aliphatic heterocycles. The SMILES string of the molecule is CCN(/C=C\[N-]C(C)(C)C)C(C)(C)C.[Al+3].[CH2-]C.[CH2-]C. The van der Waals surface area contributed by atoms with E-state index in [-0.39, 0.29) is 28.4 Å². The van der Waals surface area contributed by atoms with Crippen LogP contribution in [-0.2, 0) is 0 Å². The maximum atomic E-state index is 4.44. The summed E-state index contributed by atoms with van der Waals surface area (Å²) in [4.78, 5) is 2.28. The van der Waals surface area contributed by atoms with Gasteiger partial charge in [0.25, 0.3) is 0 Å². The molecular weight excluding hydrogens is 247 g/mol. The summed E-state index contributed by atoms with van der Waals surface area (Å²) in [5.41, 5.74) is 0.201. The van der Waals surface area contributed by atoms with Gasteiger partial charge in [-0.25, -0.2) is 0 Å². The second-order valence-electron chi connectivity index (χ2n) is 5.55. The van der Waals surface area contributed by atoms with Crippen LogP contribution in [0.2, 0.25) is 0 Å². The second-order valence-corrected chi connectivity index (χ2v) is 5.55. The van der Waals surface area contributed by atoms with Crippen LogP contribution in [0.3, 0.4) is 0 Å². The molecule has 0 aromatic heterocycles. The molecule has 3 heteroatoms. The molecule has 0 saturated carbocycles. The van der Waals surface area contributed by atoms with E-state index >= 15 is 0 Å². The number of hydrogen-bond donors (Lipinski definition) is 0. The van der Waals surface area contributed by atoms with Crippen molar-refractivity contribution in [3.05, 3.63) is 31.6 Å². The Morgan fingerprint density at radius 2 is 1.32 bits per heavy atom. The maximum Gasteiger partial charge on any atom is 3.00 e. The fraction of sp³-hybridized carbons (Fsp3) is 0.750. The largest absolute Gasteiger partial charge is 3.00 e. The van der Waals surface area contributed by atoms with E-state index < -0.39 is 0 Å². The van der Waals surface area contributed by atoms with Crippen molar-refractivity contribution in [3.8, 4) is 0 Å². The molecule has 0 aliphatic rings. The third-order valence-electron chi connectivity index (χ3n) is 1.91. The average molecular weight is 282 g/mol. The van der Waals surface area contributed by atoms with Crippen LogP contribution in [-0.4, -0.2) is 39.9 Å². The van der Waals surface area contributed by atoms with Crippen molar-refractivity contribution in [1.82, 2.24) is 4.90 Å². The Labute approximate surface area is 134 Å². The van der Waals surface area contributed by atoms with Crippen molar-refractivity contribution in [3.63, 3.8) is 0 Å². The molecule has 0 N–H and O–H groups in total. The first kappa shape index (κ1) is 27.3. The minimum absolute atomic E-state index is 0. The number of nitrogens with zero attached hydrogens (tertiary/aromatic N) is 2. The second kappa shape index (κ2) is 14.3. The summed E-state index contributed by atoms with van der Waals surface area (Å²) in [5, 5.41) is 4.44. The molecule has 0 unspecified atom stereocenters. The van der Waals surface area contributed by atoms with E-state index in [9.17, 15) is 0 Å². The van der Waals surface area contributed by atoms with Crippen LogP contribution in [0.1, 0.15) is 62.3 Å². The first-order chi connectivity index (χ1) is 8.17. The Kier molecular flexibility index (Phi) is 20.5. The molecule has 0 aromatic carbocycles. The zero-order valence-corrected chi connectivity index (χ0v) is 15.9. The summed E-state index contributed by atoms with van der Waals surface area (Å²) >= 11 is 0. The van der Waals surface area contributed by atoms with Crippen LogP contribution >= 0.6 is 0 Å². The molecule has 0 heterocycles. The van der Waals surface area contributed by atoms with Crippen LogP contribution < -0.4 is 0 Å². The van der Waals surface area contributed by atoms with Crippen molar-refractivity contribution in [1.29, 1.82) is 0 Å².